The number of rotatable bonds is 5. The van der Waals surface area contributed by atoms with Crippen LogP contribution in [0.5, 0.6) is 0 Å². The van der Waals surface area contributed by atoms with E-state index in [1.165, 1.54) is 19.4 Å². The summed E-state index contributed by atoms with van der Waals surface area (Å²) >= 11 is 0. The molecular weight excluding hydrogens is 268 g/mol. The highest BCUT2D eigenvalue weighted by atomic mass is 16.2. The third kappa shape index (κ3) is 4.88. The van der Waals surface area contributed by atoms with Gasteiger partial charge in [-0.2, -0.15) is 0 Å². The van der Waals surface area contributed by atoms with Crippen molar-refractivity contribution >= 4 is 11.9 Å². The third-order valence-electron chi connectivity index (χ3n) is 4.48. The molecule has 0 aromatic heterocycles. The second-order valence-corrected chi connectivity index (χ2v) is 6.66. The van der Waals surface area contributed by atoms with E-state index in [1.54, 1.807) is 0 Å². The Morgan fingerprint density at radius 1 is 1.29 bits per heavy atom. The van der Waals surface area contributed by atoms with Gasteiger partial charge in [0.2, 0.25) is 5.91 Å². The number of hydrogen-bond acceptors (Lipinski definition) is 3. The van der Waals surface area contributed by atoms with Crippen LogP contribution in [0.3, 0.4) is 0 Å². The zero-order valence-electron chi connectivity index (χ0n) is 13.2. The molecule has 2 rings (SSSR count). The van der Waals surface area contributed by atoms with Gasteiger partial charge in [0.1, 0.15) is 0 Å². The largest absolute Gasteiger partial charge is 0.352 e. The Morgan fingerprint density at radius 2 is 2.00 bits per heavy atom. The van der Waals surface area contributed by atoms with Crippen LogP contribution in [0.4, 0.5) is 4.79 Å². The summed E-state index contributed by atoms with van der Waals surface area (Å²) in [6.07, 6.45) is 3.71. The number of primary amides is 1. The van der Waals surface area contributed by atoms with Crippen molar-refractivity contribution in [3.8, 4) is 0 Å². The second-order valence-electron chi connectivity index (χ2n) is 6.66. The number of carbonyl (C=O) groups is 2. The number of urea groups is 1. The topological polar surface area (TPSA) is 78.7 Å². The number of hydrogen-bond donors (Lipinski definition) is 2. The van der Waals surface area contributed by atoms with E-state index in [0.29, 0.717) is 12.0 Å². The van der Waals surface area contributed by atoms with Gasteiger partial charge in [0, 0.05) is 32.2 Å². The molecule has 1 heterocycles. The molecule has 1 atom stereocenters. The van der Waals surface area contributed by atoms with Crippen molar-refractivity contribution in [1.82, 2.24) is 15.1 Å². The van der Waals surface area contributed by atoms with Crippen LogP contribution in [0.1, 0.15) is 33.1 Å². The summed E-state index contributed by atoms with van der Waals surface area (Å²) in [6, 6.07) is -0.237. The Labute approximate surface area is 127 Å². The molecule has 0 aromatic rings. The van der Waals surface area contributed by atoms with Gasteiger partial charge in [-0.1, -0.05) is 13.8 Å². The molecular formula is C15H28N4O2. The van der Waals surface area contributed by atoms with Gasteiger partial charge in [-0.3, -0.25) is 9.69 Å². The molecule has 120 valence electrons. The van der Waals surface area contributed by atoms with E-state index in [1.807, 2.05) is 4.90 Å². The maximum Gasteiger partial charge on any atom is 0.312 e. The van der Waals surface area contributed by atoms with E-state index < -0.39 is 6.03 Å². The van der Waals surface area contributed by atoms with Gasteiger partial charge < -0.3 is 16.0 Å². The fourth-order valence-corrected chi connectivity index (χ4v) is 3.06. The van der Waals surface area contributed by atoms with E-state index in [0.717, 1.165) is 32.0 Å². The average molecular weight is 296 g/mol. The number of amides is 3. The predicted octanol–water partition coefficient (Wildman–Crippen LogP) is 0.624. The van der Waals surface area contributed by atoms with Crippen LogP contribution in [0.15, 0.2) is 0 Å². The van der Waals surface area contributed by atoms with Crippen LogP contribution in [0.25, 0.3) is 0 Å². The first-order chi connectivity index (χ1) is 9.97. The quantitative estimate of drug-likeness (QED) is 0.781. The van der Waals surface area contributed by atoms with Crippen molar-refractivity contribution in [2.75, 3.05) is 32.7 Å². The minimum atomic E-state index is -0.644. The van der Waals surface area contributed by atoms with Gasteiger partial charge in [-0.25, -0.2) is 4.79 Å². The van der Waals surface area contributed by atoms with Gasteiger partial charge in [0.05, 0.1) is 6.54 Å². The SMILES string of the molecule is CC(C)C1CN(C(=O)CNC(N)=O)CCCN1CC1CC1. The molecule has 1 saturated heterocycles. The molecule has 6 heteroatoms. The van der Waals surface area contributed by atoms with E-state index in [-0.39, 0.29) is 12.5 Å². The van der Waals surface area contributed by atoms with Gasteiger partial charge in [-0.05, 0) is 31.1 Å². The van der Waals surface area contributed by atoms with Crippen LogP contribution in [0.2, 0.25) is 0 Å². The number of nitrogens with zero attached hydrogens (tertiary/aromatic N) is 2. The summed E-state index contributed by atoms with van der Waals surface area (Å²) in [5.41, 5.74) is 5.03. The standard InChI is InChI=1S/C15H28N4O2/c1-11(2)13-10-19(14(20)8-17-15(16)21)7-3-6-18(13)9-12-4-5-12/h11-13H,3-10H2,1-2H3,(H3,16,17,21). The summed E-state index contributed by atoms with van der Waals surface area (Å²) in [7, 11) is 0. The molecule has 1 aliphatic carbocycles. The normalized spacial score (nSPS) is 24.0. The zero-order valence-corrected chi connectivity index (χ0v) is 13.2. The summed E-state index contributed by atoms with van der Waals surface area (Å²) < 4.78 is 0. The Balaban J connectivity index is 1.94. The van der Waals surface area contributed by atoms with Gasteiger partial charge >= 0.3 is 6.03 Å². The Hall–Kier alpha value is -1.30. The minimum Gasteiger partial charge on any atom is -0.352 e. The van der Waals surface area contributed by atoms with Crippen LogP contribution in [0, 0.1) is 11.8 Å². The van der Waals surface area contributed by atoms with E-state index in [2.05, 4.69) is 24.1 Å². The number of nitrogens with one attached hydrogen (secondary N) is 1. The molecule has 3 N–H and O–H groups in total. The maximum atomic E-state index is 12.2. The smallest absolute Gasteiger partial charge is 0.312 e. The maximum absolute atomic E-state index is 12.2. The molecule has 1 unspecified atom stereocenters. The monoisotopic (exact) mass is 296 g/mol. The molecule has 3 amide bonds. The molecule has 6 nitrogen and oxygen atoms in total. The molecule has 0 radical (unpaired) electrons. The third-order valence-corrected chi connectivity index (χ3v) is 4.48. The van der Waals surface area contributed by atoms with E-state index in [4.69, 9.17) is 5.73 Å². The fraction of sp³-hybridized carbons (Fsp3) is 0.867. The van der Waals surface area contributed by atoms with Gasteiger partial charge in [0.25, 0.3) is 0 Å². The molecule has 2 aliphatic rings. The predicted molar refractivity (Wildman–Crippen MR) is 81.7 cm³/mol. The lowest BCUT2D eigenvalue weighted by Gasteiger charge is -2.34. The zero-order chi connectivity index (χ0) is 15.4. The minimum absolute atomic E-state index is 0.00275. The van der Waals surface area contributed by atoms with Crippen molar-refractivity contribution in [1.29, 1.82) is 0 Å². The van der Waals surface area contributed by atoms with Crippen LogP contribution >= 0.6 is 0 Å². The lowest BCUT2D eigenvalue weighted by Crippen LogP contribution is -2.48. The number of carbonyl (C=O) groups excluding carboxylic acids is 2. The molecule has 2 fully saturated rings. The summed E-state index contributed by atoms with van der Waals surface area (Å²) in [5, 5.41) is 2.39. The summed E-state index contributed by atoms with van der Waals surface area (Å²) in [4.78, 5) is 27.4. The Kier molecular flexibility index (Phi) is 5.45. The summed E-state index contributed by atoms with van der Waals surface area (Å²) in [5.74, 6) is 1.35. The highest BCUT2D eigenvalue weighted by molar-refractivity contribution is 5.83. The molecule has 1 saturated carbocycles. The van der Waals surface area contributed by atoms with Gasteiger partial charge in [0.15, 0.2) is 0 Å². The van der Waals surface area contributed by atoms with E-state index in [9.17, 15) is 9.59 Å². The lowest BCUT2D eigenvalue weighted by atomic mass is 10.0. The summed E-state index contributed by atoms with van der Waals surface area (Å²) in [6.45, 7) is 8.20. The molecule has 0 spiro atoms. The molecule has 0 bridgehead atoms. The number of nitrogens with two attached hydrogens (primary N) is 1. The van der Waals surface area contributed by atoms with Crippen molar-refractivity contribution in [3.05, 3.63) is 0 Å². The fourth-order valence-electron chi connectivity index (χ4n) is 3.06. The van der Waals surface area contributed by atoms with Crippen molar-refractivity contribution in [2.45, 2.75) is 39.2 Å². The van der Waals surface area contributed by atoms with Crippen LogP contribution in [-0.4, -0.2) is 60.5 Å². The van der Waals surface area contributed by atoms with Crippen LogP contribution in [-0.2, 0) is 4.79 Å². The second kappa shape index (κ2) is 7.11. The average Bonchev–Trinajstić information content (AvgIpc) is 3.23. The lowest BCUT2D eigenvalue weighted by molar-refractivity contribution is -0.130. The molecule has 0 aromatic carbocycles. The molecule has 21 heavy (non-hydrogen) atoms. The van der Waals surface area contributed by atoms with Crippen LogP contribution < -0.4 is 11.1 Å². The van der Waals surface area contributed by atoms with E-state index >= 15 is 0 Å². The van der Waals surface area contributed by atoms with Gasteiger partial charge in [-0.15, -0.1) is 0 Å². The van der Waals surface area contributed by atoms with Crippen molar-refractivity contribution in [2.24, 2.45) is 17.6 Å². The molecule has 1 aliphatic heterocycles. The first-order valence-corrected chi connectivity index (χ1v) is 8.02. The highest BCUT2D eigenvalue weighted by Crippen LogP contribution is 2.31. The first-order valence-electron chi connectivity index (χ1n) is 8.02. The van der Waals surface area contributed by atoms with Crippen molar-refractivity contribution in [3.63, 3.8) is 0 Å². The first kappa shape index (κ1) is 16.1. The Morgan fingerprint density at radius 3 is 2.57 bits per heavy atom. The Bertz CT molecular complexity index is 382. The van der Waals surface area contributed by atoms with Crippen molar-refractivity contribution < 1.29 is 9.59 Å². The highest BCUT2D eigenvalue weighted by Gasteiger charge is 2.33.